The van der Waals surface area contributed by atoms with E-state index in [1.807, 2.05) is 41.8 Å². The lowest BCUT2D eigenvalue weighted by molar-refractivity contribution is -0.118. The van der Waals surface area contributed by atoms with E-state index in [4.69, 9.17) is 4.42 Å². The van der Waals surface area contributed by atoms with Crippen molar-refractivity contribution in [2.75, 3.05) is 11.9 Å². The Hall–Kier alpha value is -4.16. The molecule has 4 aromatic rings. The lowest BCUT2D eigenvalue weighted by atomic mass is 10.1. The van der Waals surface area contributed by atoms with Crippen molar-refractivity contribution in [1.29, 1.82) is 5.26 Å². The van der Waals surface area contributed by atoms with Gasteiger partial charge in [0.2, 0.25) is 11.8 Å². The average Bonchev–Trinajstić information content (AvgIpc) is 3.57. The van der Waals surface area contributed by atoms with Crippen molar-refractivity contribution in [3.63, 3.8) is 0 Å². The molecule has 0 bridgehead atoms. The minimum atomic E-state index is -0.438. The van der Waals surface area contributed by atoms with Gasteiger partial charge in [0.25, 0.3) is 5.91 Å². The number of carbonyl (C=O) groups is 2. The summed E-state index contributed by atoms with van der Waals surface area (Å²) in [7, 11) is 0. The number of hydrogen-bond acceptors (Lipinski definition) is 6. The largest absolute Gasteiger partial charge is 0.443 e. The summed E-state index contributed by atoms with van der Waals surface area (Å²) in [4.78, 5) is 28.4. The number of anilines is 1. The first-order chi connectivity index (χ1) is 16.5. The summed E-state index contributed by atoms with van der Waals surface area (Å²) in [5, 5.41) is 17.6. The van der Waals surface area contributed by atoms with Gasteiger partial charge in [-0.25, -0.2) is 4.98 Å². The SMILES string of the molecule is CC(=O)NCCCc1ccc(-c2csc(NC(=O)c3c(C)oc(-n4cccc4)c3C#N)n2)cc1. The van der Waals surface area contributed by atoms with Crippen LogP contribution in [0.1, 0.15) is 40.6 Å². The maximum absolute atomic E-state index is 13.0. The van der Waals surface area contributed by atoms with Gasteiger partial charge < -0.3 is 9.73 Å². The van der Waals surface area contributed by atoms with E-state index in [0.717, 1.165) is 24.1 Å². The van der Waals surface area contributed by atoms with Crippen LogP contribution in [0.25, 0.3) is 17.1 Å². The molecule has 0 saturated carbocycles. The number of amides is 2. The van der Waals surface area contributed by atoms with Crippen LogP contribution in [0.3, 0.4) is 0 Å². The fraction of sp³-hybridized carbons (Fsp3) is 0.200. The van der Waals surface area contributed by atoms with Crippen molar-refractivity contribution >= 4 is 28.3 Å². The second kappa shape index (κ2) is 10.2. The van der Waals surface area contributed by atoms with Crippen molar-refractivity contribution in [2.24, 2.45) is 0 Å². The first kappa shape index (κ1) is 23.0. The number of aromatic nitrogens is 2. The van der Waals surface area contributed by atoms with Crippen molar-refractivity contribution in [3.8, 4) is 23.2 Å². The quantitative estimate of drug-likeness (QED) is 0.360. The molecule has 0 atom stereocenters. The van der Waals surface area contributed by atoms with Crippen LogP contribution in [0, 0.1) is 18.3 Å². The lowest BCUT2D eigenvalue weighted by Gasteiger charge is -2.04. The third-order valence-electron chi connectivity index (χ3n) is 5.23. The zero-order valence-electron chi connectivity index (χ0n) is 18.8. The number of nitriles is 1. The number of furan rings is 1. The maximum atomic E-state index is 13.0. The Labute approximate surface area is 200 Å². The topological polar surface area (TPSA) is 113 Å². The zero-order chi connectivity index (χ0) is 24.1. The first-order valence-electron chi connectivity index (χ1n) is 10.7. The molecule has 0 aliphatic carbocycles. The number of carbonyl (C=O) groups excluding carboxylic acids is 2. The molecule has 0 unspecified atom stereocenters. The van der Waals surface area contributed by atoms with Gasteiger partial charge in [0.15, 0.2) is 5.13 Å². The fourth-order valence-corrected chi connectivity index (χ4v) is 4.30. The molecule has 2 N–H and O–H groups in total. The summed E-state index contributed by atoms with van der Waals surface area (Å²) in [6, 6.07) is 13.8. The number of aryl methyl sites for hydroxylation is 2. The summed E-state index contributed by atoms with van der Waals surface area (Å²) >= 11 is 1.31. The average molecular weight is 474 g/mol. The molecule has 3 aromatic heterocycles. The number of hydrogen-bond donors (Lipinski definition) is 2. The van der Waals surface area contributed by atoms with E-state index in [1.165, 1.54) is 23.8 Å². The third-order valence-corrected chi connectivity index (χ3v) is 5.99. The molecule has 34 heavy (non-hydrogen) atoms. The van der Waals surface area contributed by atoms with Crippen LogP contribution in [0.4, 0.5) is 5.13 Å². The summed E-state index contributed by atoms with van der Waals surface area (Å²) in [6.07, 6.45) is 5.25. The second-order valence-corrected chi connectivity index (χ2v) is 8.55. The number of benzene rings is 1. The third kappa shape index (κ3) is 5.08. The van der Waals surface area contributed by atoms with Gasteiger partial charge in [-0.15, -0.1) is 11.3 Å². The minimum absolute atomic E-state index is 0.0186. The predicted octanol–water partition coefficient (Wildman–Crippen LogP) is 4.69. The summed E-state index contributed by atoms with van der Waals surface area (Å²) in [5.41, 5.74) is 3.25. The fourth-order valence-electron chi connectivity index (χ4n) is 3.58. The van der Waals surface area contributed by atoms with Gasteiger partial charge >= 0.3 is 0 Å². The van der Waals surface area contributed by atoms with Gasteiger partial charge in [-0.2, -0.15) is 5.26 Å². The van der Waals surface area contributed by atoms with Crippen LogP contribution in [-0.4, -0.2) is 27.9 Å². The van der Waals surface area contributed by atoms with E-state index in [0.29, 0.717) is 23.3 Å². The van der Waals surface area contributed by atoms with E-state index in [-0.39, 0.29) is 17.0 Å². The van der Waals surface area contributed by atoms with E-state index in [9.17, 15) is 14.9 Å². The molecule has 0 saturated heterocycles. The van der Waals surface area contributed by atoms with Crippen LogP contribution in [0.2, 0.25) is 0 Å². The van der Waals surface area contributed by atoms with Gasteiger partial charge in [0.05, 0.1) is 5.69 Å². The number of nitrogens with one attached hydrogen (secondary N) is 2. The highest BCUT2D eigenvalue weighted by Gasteiger charge is 2.25. The molecule has 1 aromatic carbocycles. The van der Waals surface area contributed by atoms with Gasteiger partial charge in [-0.1, -0.05) is 24.3 Å². The normalized spacial score (nSPS) is 10.6. The van der Waals surface area contributed by atoms with E-state index >= 15 is 0 Å². The Bertz CT molecular complexity index is 1340. The van der Waals surface area contributed by atoms with Crippen molar-refractivity contribution in [3.05, 3.63) is 76.6 Å². The molecule has 9 heteroatoms. The molecular weight excluding hydrogens is 450 g/mol. The molecule has 0 radical (unpaired) electrons. The maximum Gasteiger partial charge on any atom is 0.262 e. The molecule has 3 heterocycles. The molecule has 0 spiro atoms. The smallest absolute Gasteiger partial charge is 0.262 e. The highest BCUT2D eigenvalue weighted by molar-refractivity contribution is 7.14. The Kier molecular flexibility index (Phi) is 6.90. The van der Waals surface area contributed by atoms with E-state index < -0.39 is 5.91 Å². The van der Waals surface area contributed by atoms with Gasteiger partial charge in [0.1, 0.15) is 23.0 Å². The minimum Gasteiger partial charge on any atom is -0.443 e. The van der Waals surface area contributed by atoms with Crippen LogP contribution >= 0.6 is 11.3 Å². The van der Waals surface area contributed by atoms with Crippen LogP contribution in [0.5, 0.6) is 0 Å². The van der Waals surface area contributed by atoms with Crippen LogP contribution < -0.4 is 10.6 Å². The molecular formula is C25H23N5O3S. The summed E-state index contributed by atoms with van der Waals surface area (Å²) in [5.74, 6) is 0.220. The van der Waals surface area contributed by atoms with Crippen molar-refractivity contribution in [2.45, 2.75) is 26.7 Å². The highest BCUT2D eigenvalue weighted by Crippen LogP contribution is 2.29. The first-order valence-corrected chi connectivity index (χ1v) is 11.6. The number of nitrogens with zero attached hydrogens (tertiary/aromatic N) is 3. The van der Waals surface area contributed by atoms with Gasteiger partial charge in [-0.3, -0.25) is 19.5 Å². The molecule has 4 rings (SSSR count). The standard InChI is InChI=1S/C25H23N5O3S/c1-16-22(20(14-26)24(33-16)30-12-3-4-13-30)23(32)29-25-28-21(15-34-25)19-9-7-18(8-10-19)6-5-11-27-17(2)31/h3-4,7-10,12-13,15H,5-6,11H2,1-2H3,(H,27,31)(H,28,29,32). The molecule has 2 amide bonds. The monoisotopic (exact) mass is 473 g/mol. The second-order valence-electron chi connectivity index (χ2n) is 7.69. The van der Waals surface area contributed by atoms with E-state index in [1.54, 1.807) is 23.9 Å². The Balaban J connectivity index is 1.44. The molecule has 172 valence electrons. The predicted molar refractivity (Wildman–Crippen MR) is 130 cm³/mol. The molecule has 0 fully saturated rings. The Morgan fingerprint density at radius 2 is 1.94 bits per heavy atom. The summed E-state index contributed by atoms with van der Waals surface area (Å²) < 4.78 is 7.37. The zero-order valence-corrected chi connectivity index (χ0v) is 19.6. The van der Waals surface area contributed by atoms with E-state index in [2.05, 4.69) is 21.7 Å². The van der Waals surface area contributed by atoms with Crippen LogP contribution in [-0.2, 0) is 11.2 Å². The van der Waals surface area contributed by atoms with Crippen LogP contribution in [0.15, 0.2) is 58.6 Å². The van der Waals surface area contributed by atoms with Gasteiger partial charge in [0, 0.05) is 36.8 Å². The van der Waals surface area contributed by atoms with Crippen molar-refractivity contribution in [1.82, 2.24) is 14.9 Å². The summed E-state index contributed by atoms with van der Waals surface area (Å²) in [6.45, 7) is 3.83. The van der Waals surface area contributed by atoms with Gasteiger partial charge in [-0.05, 0) is 37.5 Å². The highest BCUT2D eigenvalue weighted by atomic mass is 32.1. The number of rotatable bonds is 8. The molecule has 0 aliphatic heterocycles. The molecule has 0 aliphatic rings. The Morgan fingerprint density at radius 3 is 2.62 bits per heavy atom. The lowest BCUT2D eigenvalue weighted by Crippen LogP contribution is -2.21. The van der Waals surface area contributed by atoms with Crippen molar-refractivity contribution < 1.29 is 14.0 Å². The molecule has 8 nitrogen and oxygen atoms in total. The Morgan fingerprint density at radius 1 is 1.21 bits per heavy atom. The number of thiazole rings is 1.